The third-order valence-corrected chi connectivity index (χ3v) is 4.57. The monoisotopic (exact) mass is 327 g/mol. The average Bonchev–Trinajstić information content (AvgIpc) is 2.53. The second kappa shape index (κ2) is 16.3. The van der Waals surface area contributed by atoms with Crippen molar-refractivity contribution < 1.29 is 9.90 Å². The number of carbonyl (C=O) groups excluding carboxylic acids is 1. The van der Waals surface area contributed by atoms with Crippen LogP contribution in [0.15, 0.2) is 0 Å². The molecule has 0 aromatic rings. The highest BCUT2D eigenvalue weighted by molar-refractivity contribution is 5.75. The van der Waals surface area contributed by atoms with Crippen LogP contribution in [0, 0.1) is 0 Å². The van der Waals surface area contributed by atoms with E-state index in [1.807, 2.05) is 14.1 Å². The molecule has 0 spiro atoms. The number of aliphatic hydroxyl groups is 1. The van der Waals surface area contributed by atoms with Crippen molar-refractivity contribution in [3.63, 3.8) is 0 Å². The van der Waals surface area contributed by atoms with E-state index in [4.69, 9.17) is 0 Å². The summed E-state index contributed by atoms with van der Waals surface area (Å²) in [5, 5.41) is 9.90. The fraction of sp³-hybridized carbons (Fsp3) is 0.950. The van der Waals surface area contributed by atoms with E-state index >= 15 is 0 Å². The molecular weight excluding hydrogens is 286 g/mol. The van der Waals surface area contributed by atoms with Crippen LogP contribution in [0.25, 0.3) is 0 Å². The number of rotatable bonds is 16. The fourth-order valence-electron chi connectivity index (χ4n) is 2.89. The van der Waals surface area contributed by atoms with Gasteiger partial charge in [0.15, 0.2) is 0 Å². The van der Waals surface area contributed by atoms with Gasteiger partial charge in [-0.05, 0) is 19.3 Å². The van der Waals surface area contributed by atoms with Gasteiger partial charge < -0.3 is 10.0 Å². The lowest BCUT2D eigenvalue weighted by Gasteiger charge is -2.10. The first kappa shape index (κ1) is 22.4. The molecule has 0 saturated carbocycles. The Hall–Kier alpha value is -0.570. The summed E-state index contributed by atoms with van der Waals surface area (Å²) in [6, 6.07) is 0. The molecule has 0 rings (SSSR count). The maximum atomic E-state index is 11.4. The summed E-state index contributed by atoms with van der Waals surface area (Å²) in [6.07, 6.45) is 17.4. The van der Waals surface area contributed by atoms with Crippen LogP contribution in [0.1, 0.15) is 103 Å². The van der Waals surface area contributed by atoms with Crippen molar-refractivity contribution in [3.05, 3.63) is 0 Å². The van der Waals surface area contributed by atoms with Crippen molar-refractivity contribution >= 4 is 5.91 Å². The van der Waals surface area contributed by atoms with Gasteiger partial charge in [-0.1, -0.05) is 77.6 Å². The van der Waals surface area contributed by atoms with Gasteiger partial charge in [0, 0.05) is 20.5 Å². The van der Waals surface area contributed by atoms with Gasteiger partial charge in [0.05, 0.1) is 6.10 Å². The van der Waals surface area contributed by atoms with Crippen LogP contribution in [0.2, 0.25) is 0 Å². The summed E-state index contributed by atoms with van der Waals surface area (Å²) in [7, 11) is 3.65. The molecule has 0 bridgehead atoms. The molecule has 0 aliphatic carbocycles. The second-order valence-electron chi connectivity index (χ2n) is 7.16. The van der Waals surface area contributed by atoms with Gasteiger partial charge in [0.25, 0.3) is 0 Å². The van der Waals surface area contributed by atoms with E-state index in [2.05, 4.69) is 6.92 Å². The summed E-state index contributed by atoms with van der Waals surface area (Å²) in [5.74, 6) is 0.248. The second-order valence-corrected chi connectivity index (χ2v) is 7.16. The molecular formula is C20H41NO2. The molecule has 0 saturated heterocycles. The number of unbranched alkanes of at least 4 members (excludes halogenated alkanes) is 10. The van der Waals surface area contributed by atoms with Gasteiger partial charge in [-0.25, -0.2) is 0 Å². The Bertz CT molecular complexity index is 266. The van der Waals surface area contributed by atoms with Crippen molar-refractivity contribution in [1.29, 1.82) is 0 Å². The number of hydrogen-bond donors (Lipinski definition) is 1. The summed E-state index contributed by atoms with van der Waals surface area (Å²) in [6.45, 7) is 2.22. The Kier molecular flexibility index (Phi) is 15.9. The first-order valence-corrected chi connectivity index (χ1v) is 9.96. The molecule has 1 unspecified atom stereocenters. The standard InChI is InChI=1S/C20H41NO2/c1-4-5-6-13-16-19(22)17-14-11-9-7-8-10-12-15-18-20(23)21(2)3/h19,22H,4-18H2,1-3H3. The fourth-order valence-corrected chi connectivity index (χ4v) is 2.89. The van der Waals surface area contributed by atoms with Gasteiger partial charge in [0.1, 0.15) is 0 Å². The van der Waals surface area contributed by atoms with Crippen LogP contribution in [-0.4, -0.2) is 36.1 Å². The highest BCUT2D eigenvalue weighted by atomic mass is 16.3. The predicted molar refractivity (Wildman–Crippen MR) is 99.6 cm³/mol. The normalized spacial score (nSPS) is 12.3. The van der Waals surface area contributed by atoms with Crippen LogP contribution >= 0.6 is 0 Å². The summed E-state index contributed by atoms with van der Waals surface area (Å²) >= 11 is 0. The van der Waals surface area contributed by atoms with E-state index in [0.29, 0.717) is 6.42 Å². The SMILES string of the molecule is CCCCCCC(O)CCCCCCCCCCC(=O)N(C)C. The van der Waals surface area contributed by atoms with Crippen LogP contribution < -0.4 is 0 Å². The Morgan fingerprint density at radius 1 is 0.783 bits per heavy atom. The zero-order chi connectivity index (χ0) is 17.3. The smallest absolute Gasteiger partial charge is 0.222 e. The Morgan fingerprint density at radius 2 is 1.22 bits per heavy atom. The van der Waals surface area contributed by atoms with Crippen molar-refractivity contribution in [2.75, 3.05) is 14.1 Å². The quantitative estimate of drug-likeness (QED) is 0.390. The minimum Gasteiger partial charge on any atom is -0.393 e. The van der Waals surface area contributed by atoms with Crippen molar-refractivity contribution in [2.24, 2.45) is 0 Å². The number of amides is 1. The third-order valence-electron chi connectivity index (χ3n) is 4.57. The first-order chi connectivity index (χ1) is 11.1. The Balaban J connectivity index is 3.19. The third kappa shape index (κ3) is 16.1. The van der Waals surface area contributed by atoms with Crippen molar-refractivity contribution in [2.45, 2.75) is 109 Å². The molecule has 0 aromatic carbocycles. The maximum absolute atomic E-state index is 11.4. The lowest BCUT2D eigenvalue weighted by atomic mass is 10.0. The molecule has 3 heteroatoms. The topological polar surface area (TPSA) is 40.5 Å². The van der Waals surface area contributed by atoms with Gasteiger partial charge in [-0.15, -0.1) is 0 Å². The van der Waals surface area contributed by atoms with Crippen molar-refractivity contribution in [1.82, 2.24) is 4.90 Å². The minimum atomic E-state index is -0.0684. The molecule has 0 aromatic heterocycles. The van der Waals surface area contributed by atoms with Crippen LogP contribution in [0.3, 0.4) is 0 Å². The van der Waals surface area contributed by atoms with Crippen molar-refractivity contribution in [3.8, 4) is 0 Å². The molecule has 23 heavy (non-hydrogen) atoms. The molecule has 0 fully saturated rings. The number of carbonyl (C=O) groups is 1. The average molecular weight is 328 g/mol. The van der Waals surface area contributed by atoms with Gasteiger partial charge in [-0.2, -0.15) is 0 Å². The Morgan fingerprint density at radius 3 is 1.70 bits per heavy atom. The van der Waals surface area contributed by atoms with Crippen LogP contribution in [0.4, 0.5) is 0 Å². The van der Waals surface area contributed by atoms with Gasteiger partial charge in [-0.3, -0.25) is 4.79 Å². The summed E-state index contributed by atoms with van der Waals surface area (Å²) in [5.41, 5.74) is 0. The van der Waals surface area contributed by atoms with E-state index in [0.717, 1.165) is 19.3 Å². The molecule has 0 aliphatic rings. The van der Waals surface area contributed by atoms with E-state index in [1.54, 1.807) is 4.90 Å². The molecule has 1 amide bonds. The Labute approximate surface area is 144 Å². The molecule has 0 heterocycles. The minimum absolute atomic E-state index is 0.0684. The van der Waals surface area contributed by atoms with Gasteiger partial charge in [0.2, 0.25) is 5.91 Å². The van der Waals surface area contributed by atoms with Crippen LogP contribution in [0.5, 0.6) is 0 Å². The van der Waals surface area contributed by atoms with Gasteiger partial charge >= 0.3 is 0 Å². The molecule has 1 N–H and O–H groups in total. The zero-order valence-electron chi connectivity index (χ0n) is 16.0. The molecule has 3 nitrogen and oxygen atoms in total. The summed E-state index contributed by atoms with van der Waals surface area (Å²) < 4.78 is 0. The maximum Gasteiger partial charge on any atom is 0.222 e. The molecule has 1 atom stereocenters. The zero-order valence-corrected chi connectivity index (χ0v) is 16.0. The number of nitrogens with zero attached hydrogens (tertiary/aromatic N) is 1. The largest absolute Gasteiger partial charge is 0.393 e. The van der Waals surface area contributed by atoms with E-state index < -0.39 is 0 Å². The lowest BCUT2D eigenvalue weighted by Crippen LogP contribution is -2.20. The first-order valence-electron chi connectivity index (χ1n) is 9.96. The molecule has 138 valence electrons. The predicted octanol–water partition coefficient (Wildman–Crippen LogP) is 5.31. The van der Waals surface area contributed by atoms with E-state index in [-0.39, 0.29) is 12.0 Å². The molecule has 0 radical (unpaired) electrons. The highest BCUT2D eigenvalue weighted by Crippen LogP contribution is 2.14. The highest BCUT2D eigenvalue weighted by Gasteiger charge is 2.04. The number of hydrogen-bond acceptors (Lipinski definition) is 2. The van der Waals surface area contributed by atoms with Crippen LogP contribution in [-0.2, 0) is 4.79 Å². The van der Waals surface area contributed by atoms with E-state index in [1.165, 1.54) is 70.6 Å². The summed E-state index contributed by atoms with van der Waals surface area (Å²) in [4.78, 5) is 13.1. The molecule has 0 aliphatic heterocycles. The lowest BCUT2D eigenvalue weighted by molar-refractivity contribution is -0.128. The number of aliphatic hydroxyl groups excluding tert-OH is 1. The van der Waals surface area contributed by atoms with E-state index in [9.17, 15) is 9.90 Å².